The van der Waals surface area contributed by atoms with Gasteiger partial charge in [-0.25, -0.2) is 9.59 Å². The minimum Gasteiger partial charge on any atom is -0.477 e. The van der Waals surface area contributed by atoms with E-state index >= 15 is 0 Å². The van der Waals surface area contributed by atoms with E-state index in [-0.39, 0.29) is 0 Å². The Balaban J connectivity index is 2.82. The molecular formula is C9H8F3N3O5. The Bertz CT molecular complexity index is 645. The number of H-pyrrole nitrogens is 1. The molecule has 8 nitrogen and oxygen atoms in total. The molecule has 0 aliphatic rings. The first-order valence-electron chi connectivity index (χ1n) is 5.05. The number of carbonyl (C=O) groups excluding carboxylic acids is 1. The molecular weight excluding hydrogens is 287 g/mol. The molecule has 20 heavy (non-hydrogen) atoms. The van der Waals surface area contributed by atoms with Gasteiger partial charge in [0.05, 0.1) is 0 Å². The quantitative estimate of drug-likeness (QED) is 0.652. The standard InChI is InChI=1S/C9H8F3N3O5/c10-9(11,12)7(19)13-1-2-15-3-4(6(17)18)5(16)14-8(15)20/h3H,1-2H2,(H,13,19)(H,17,18)(H,14,16,20). The lowest BCUT2D eigenvalue weighted by Crippen LogP contribution is -2.40. The highest BCUT2D eigenvalue weighted by atomic mass is 19.4. The largest absolute Gasteiger partial charge is 0.477 e. The molecule has 0 spiro atoms. The number of amides is 1. The first-order chi connectivity index (χ1) is 9.12. The van der Waals surface area contributed by atoms with Crippen LogP contribution >= 0.6 is 0 Å². The molecule has 1 heterocycles. The monoisotopic (exact) mass is 295 g/mol. The third-order valence-corrected chi connectivity index (χ3v) is 2.14. The Morgan fingerprint density at radius 2 is 1.95 bits per heavy atom. The van der Waals surface area contributed by atoms with Gasteiger partial charge in [-0.15, -0.1) is 0 Å². The fraction of sp³-hybridized carbons (Fsp3) is 0.333. The van der Waals surface area contributed by atoms with Crippen LogP contribution in [-0.2, 0) is 11.3 Å². The van der Waals surface area contributed by atoms with E-state index in [9.17, 15) is 32.3 Å². The highest BCUT2D eigenvalue weighted by Crippen LogP contribution is 2.13. The molecule has 11 heteroatoms. The van der Waals surface area contributed by atoms with E-state index in [1.54, 1.807) is 4.98 Å². The van der Waals surface area contributed by atoms with E-state index in [2.05, 4.69) is 0 Å². The van der Waals surface area contributed by atoms with Crippen LogP contribution in [0, 0.1) is 0 Å². The maximum Gasteiger partial charge on any atom is 0.471 e. The number of alkyl halides is 3. The Morgan fingerprint density at radius 3 is 2.45 bits per heavy atom. The molecule has 1 rings (SSSR count). The zero-order valence-electron chi connectivity index (χ0n) is 9.65. The van der Waals surface area contributed by atoms with E-state index in [1.807, 2.05) is 0 Å². The van der Waals surface area contributed by atoms with Crippen molar-refractivity contribution in [3.8, 4) is 0 Å². The van der Waals surface area contributed by atoms with E-state index in [1.165, 1.54) is 5.32 Å². The third-order valence-electron chi connectivity index (χ3n) is 2.14. The SMILES string of the molecule is O=C(O)c1cn(CCNC(=O)C(F)(F)F)c(=O)[nH]c1=O. The van der Waals surface area contributed by atoms with Crippen molar-refractivity contribution in [3.05, 3.63) is 32.6 Å². The van der Waals surface area contributed by atoms with Crippen LogP contribution in [0.25, 0.3) is 0 Å². The summed E-state index contributed by atoms with van der Waals surface area (Å²) in [6.45, 7) is -0.999. The summed E-state index contributed by atoms with van der Waals surface area (Å²) in [5, 5.41) is 10.1. The van der Waals surface area contributed by atoms with Gasteiger partial charge in [-0.1, -0.05) is 0 Å². The number of carboxylic acids is 1. The van der Waals surface area contributed by atoms with E-state index in [4.69, 9.17) is 5.11 Å². The summed E-state index contributed by atoms with van der Waals surface area (Å²) in [5.74, 6) is -3.78. The first-order valence-corrected chi connectivity index (χ1v) is 5.05. The average molecular weight is 295 g/mol. The fourth-order valence-corrected chi connectivity index (χ4v) is 1.22. The second-order valence-corrected chi connectivity index (χ2v) is 3.55. The van der Waals surface area contributed by atoms with Crippen molar-refractivity contribution in [1.82, 2.24) is 14.9 Å². The van der Waals surface area contributed by atoms with Crippen LogP contribution in [0.2, 0.25) is 0 Å². The molecule has 0 bridgehead atoms. The zero-order chi connectivity index (χ0) is 15.5. The van der Waals surface area contributed by atoms with Crippen molar-refractivity contribution >= 4 is 11.9 Å². The summed E-state index contributed by atoms with van der Waals surface area (Å²) in [6.07, 6.45) is -4.37. The van der Waals surface area contributed by atoms with Crippen molar-refractivity contribution < 1.29 is 27.9 Å². The third kappa shape index (κ3) is 3.70. The van der Waals surface area contributed by atoms with Gasteiger partial charge in [0.1, 0.15) is 5.56 Å². The Kier molecular flexibility index (Phi) is 4.32. The molecule has 0 radical (unpaired) electrons. The van der Waals surface area contributed by atoms with Crippen LogP contribution < -0.4 is 16.6 Å². The van der Waals surface area contributed by atoms with E-state index < -0.39 is 48.0 Å². The normalized spacial score (nSPS) is 11.2. The van der Waals surface area contributed by atoms with Gasteiger partial charge >= 0.3 is 23.7 Å². The molecule has 3 N–H and O–H groups in total. The lowest BCUT2D eigenvalue weighted by atomic mass is 10.3. The number of carboxylic acid groups (broad SMARTS) is 1. The molecule has 0 atom stereocenters. The lowest BCUT2D eigenvalue weighted by Gasteiger charge is -2.09. The summed E-state index contributed by atoms with van der Waals surface area (Å²) >= 11 is 0. The maximum atomic E-state index is 11.9. The number of hydrogen-bond acceptors (Lipinski definition) is 4. The number of aromatic amines is 1. The number of hydrogen-bond donors (Lipinski definition) is 3. The molecule has 1 aromatic rings. The molecule has 1 aromatic heterocycles. The number of aromatic nitrogens is 2. The summed E-state index contributed by atoms with van der Waals surface area (Å²) in [5.41, 5.74) is -2.87. The van der Waals surface area contributed by atoms with Crippen molar-refractivity contribution in [2.24, 2.45) is 0 Å². The second kappa shape index (κ2) is 5.59. The van der Waals surface area contributed by atoms with Crippen LogP contribution in [0.3, 0.4) is 0 Å². The van der Waals surface area contributed by atoms with Gasteiger partial charge in [0, 0.05) is 19.3 Å². The Morgan fingerprint density at radius 1 is 1.35 bits per heavy atom. The predicted molar refractivity (Wildman–Crippen MR) is 57.3 cm³/mol. The maximum absolute atomic E-state index is 11.9. The lowest BCUT2D eigenvalue weighted by molar-refractivity contribution is -0.173. The van der Waals surface area contributed by atoms with Gasteiger partial charge in [-0.05, 0) is 0 Å². The van der Waals surface area contributed by atoms with Gasteiger partial charge in [-0.3, -0.25) is 19.1 Å². The number of nitrogens with zero attached hydrogens (tertiary/aromatic N) is 1. The topological polar surface area (TPSA) is 121 Å². The summed E-state index contributed by atoms with van der Waals surface area (Å²) in [7, 11) is 0. The molecule has 0 saturated carbocycles. The minimum absolute atomic E-state index is 0.433. The molecule has 0 unspecified atom stereocenters. The Labute approximate surface area is 107 Å². The molecule has 0 aromatic carbocycles. The smallest absolute Gasteiger partial charge is 0.471 e. The molecule has 0 aliphatic carbocycles. The Hall–Kier alpha value is -2.59. The molecule has 1 amide bonds. The summed E-state index contributed by atoms with van der Waals surface area (Å²) < 4.78 is 36.3. The highest BCUT2D eigenvalue weighted by molar-refractivity contribution is 5.86. The van der Waals surface area contributed by atoms with Crippen LogP contribution in [-0.4, -0.2) is 39.3 Å². The van der Waals surface area contributed by atoms with Gasteiger partial charge in [0.2, 0.25) is 0 Å². The number of halogens is 3. The van der Waals surface area contributed by atoms with Crippen molar-refractivity contribution in [2.45, 2.75) is 12.7 Å². The first kappa shape index (κ1) is 15.5. The average Bonchev–Trinajstić information content (AvgIpc) is 2.29. The summed E-state index contributed by atoms with van der Waals surface area (Å²) in [6, 6.07) is 0. The van der Waals surface area contributed by atoms with Gasteiger partial charge < -0.3 is 10.4 Å². The number of aromatic carboxylic acids is 1. The molecule has 0 fully saturated rings. The van der Waals surface area contributed by atoms with Gasteiger partial charge in [0.25, 0.3) is 5.56 Å². The molecule has 0 aliphatic heterocycles. The zero-order valence-corrected chi connectivity index (χ0v) is 9.65. The van der Waals surface area contributed by atoms with Crippen LogP contribution in [0.5, 0.6) is 0 Å². The van der Waals surface area contributed by atoms with Crippen molar-refractivity contribution in [2.75, 3.05) is 6.54 Å². The van der Waals surface area contributed by atoms with Crippen LogP contribution in [0.4, 0.5) is 13.2 Å². The number of rotatable bonds is 4. The van der Waals surface area contributed by atoms with Crippen LogP contribution in [0.1, 0.15) is 10.4 Å². The van der Waals surface area contributed by atoms with E-state index in [0.29, 0.717) is 10.8 Å². The number of carbonyl (C=O) groups is 2. The van der Waals surface area contributed by atoms with Crippen molar-refractivity contribution in [3.63, 3.8) is 0 Å². The second-order valence-electron chi connectivity index (χ2n) is 3.55. The van der Waals surface area contributed by atoms with Crippen molar-refractivity contribution in [1.29, 1.82) is 0 Å². The number of nitrogens with one attached hydrogen (secondary N) is 2. The van der Waals surface area contributed by atoms with Gasteiger partial charge in [0.15, 0.2) is 0 Å². The fourth-order valence-electron chi connectivity index (χ4n) is 1.22. The predicted octanol–water partition coefficient (Wildman–Crippen LogP) is -1.09. The molecule has 110 valence electrons. The van der Waals surface area contributed by atoms with Crippen LogP contribution in [0.15, 0.2) is 15.8 Å². The summed E-state index contributed by atoms with van der Waals surface area (Å²) in [4.78, 5) is 45.2. The minimum atomic E-state index is -5.05. The highest BCUT2D eigenvalue weighted by Gasteiger charge is 2.38. The van der Waals surface area contributed by atoms with Gasteiger partial charge in [-0.2, -0.15) is 13.2 Å². The molecule has 0 saturated heterocycles. The van der Waals surface area contributed by atoms with E-state index in [0.717, 1.165) is 0 Å².